The number of hydrogen-bond acceptors (Lipinski definition) is 18. The van der Waals surface area contributed by atoms with Crippen molar-refractivity contribution in [3.8, 4) is 11.1 Å². The molecule has 3 aromatic heterocycles. The number of ether oxygens (including phenoxy) is 4. The molecule has 0 radical (unpaired) electrons. The summed E-state index contributed by atoms with van der Waals surface area (Å²) < 4.78 is 26.1. The van der Waals surface area contributed by atoms with Crippen LogP contribution in [0.3, 0.4) is 0 Å². The number of amides is 9. The van der Waals surface area contributed by atoms with Gasteiger partial charge >= 0.3 is 18.1 Å². The van der Waals surface area contributed by atoms with E-state index >= 15 is 0 Å². The topological polar surface area (TPSA) is 350 Å². The fourth-order valence-electron chi connectivity index (χ4n) is 11.6. The van der Waals surface area contributed by atoms with E-state index in [1.165, 1.54) is 28.4 Å². The number of benzene rings is 3. The minimum absolute atomic E-state index is 0.0380. The number of fused-ring (bicyclic) bond motifs is 2. The summed E-state index contributed by atoms with van der Waals surface area (Å²) in [5, 5.41) is 29.1. The Kier molecular flexibility index (Phi) is 24.5. The van der Waals surface area contributed by atoms with Crippen LogP contribution in [0, 0.1) is 12.3 Å². The van der Waals surface area contributed by atoms with Gasteiger partial charge in [-0.05, 0) is 123 Å². The summed E-state index contributed by atoms with van der Waals surface area (Å²) in [7, 11) is 1.60. The highest BCUT2D eigenvalue weighted by Gasteiger charge is 2.37. The van der Waals surface area contributed by atoms with Crippen LogP contribution in [0.4, 0.5) is 26.2 Å². The number of nitrogens with one attached hydrogen (secondary N) is 5. The second kappa shape index (κ2) is 33.5. The van der Waals surface area contributed by atoms with E-state index in [0.29, 0.717) is 117 Å². The normalized spacial score (nSPS) is 16.1. The van der Waals surface area contributed by atoms with Crippen molar-refractivity contribution in [2.75, 3.05) is 88.3 Å². The van der Waals surface area contributed by atoms with Crippen molar-refractivity contribution in [2.24, 2.45) is 11.1 Å². The standard InChI is InChI=1S/C67H81N13O14S/c1-43-50(48-21-22-55(75-60(48)63(87)88)78-30-26-45-11-9-12-49(51(45)40-78)61(85)76-65-74-52-13-6-7-15-54(52)95-65)38-71-80(43)42-67(2)27-25-47(37-67)93-36-35-92-34-33-91-32-31-77(3)66(90)94-41-44-17-19-46(20-18-44)72-62(86)53(14-10-28-69-64(68)89)73-57(82)39-70-56(81)16-5-4-8-29-79-58(83)23-24-59(79)84/h6-7,9,11-13,15,17-24,38,47,53H,4-5,8,10,14,16,25-37,39-42H2,1-3H3,(H,70,81)(H,72,86)(H,73,82)(H,87,88)(H3,68,69,89)(H,74,76,85). The smallest absolute Gasteiger partial charge is 0.409 e. The predicted octanol–water partition coefficient (Wildman–Crippen LogP) is 6.73. The first-order valence-corrected chi connectivity index (χ1v) is 32.6. The van der Waals surface area contributed by atoms with Crippen LogP contribution in [0.15, 0.2) is 97.2 Å². The van der Waals surface area contributed by atoms with Crippen molar-refractivity contribution in [1.29, 1.82) is 0 Å². The van der Waals surface area contributed by atoms with E-state index in [-0.39, 0.29) is 93.1 Å². The number of likely N-dealkylation sites (N-methyl/N-ethyl adjacent to an activating group) is 1. The molecule has 3 aromatic carbocycles. The molecule has 27 nitrogen and oxygen atoms in total. The molecule has 28 heteroatoms. The molecule has 3 unspecified atom stereocenters. The van der Waals surface area contributed by atoms with Crippen LogP contribution in [0.1, 0.15) is 108 Å². The van der Waals surface area contributed by atoms with Crippen molar-refractivity contribution in [1.82, 2.24) is 45.5 Å². The van der Waals surface area contributed by atoms with E-state index in [4.69, 9.17) is 34.8 Å². The van der Waals surface area contributed by atoms with E-state index in [0.717, 1.165) is 51.2 Å². The molecule has 0 spiro atoms. The zero-order valence-corrected chi connectivity index (χ0v) is 54.3. The zero-order valence-electron chi connectivity index (χ0n) is 53.5. The molecule has 8 N–H and O–H groups in total. The van der Waals surface area contributed by atoms with E-state index in [1.807, 2.05) is 59.0 Å². The number of aromatic carboxylic acids is 1. The molecule has 0 bridgehead atoms. The highest BCUT2D eigenvalue weighted by molar-refractivity contribution is 7.22. The maximum atomic E-state index is 13.7. The maximum Gasteiger partial charge on any atom is 0.409 e. The van der Waals surface area contributed by atoms with Crippen LogP contribution < -0.4 is 37.2 Å². The van der Waals surface area contributed by atoms with Crippen molar-refractivity contribution < 1.29 is 67.2 Å². The third kappa shape index (κ3) is 19.7. The molecule has 0 saturated heterocycles. The van der Waals surface area contributed by atoms with Gasteiger partial charge in [0.15, 0.2) is 10.8 Å². The molecule has 3 aliphatic rings. The lowest BCUT2D eigenvalue weighted by molar-refractivity contribution is -0.137. The molecule has 9 rings (SSSR count). The molecule has 6 aromatic rings. The maximum absolute atomic E-state index is 13.7. The second-order valence-corrected chi connectivity index (χ2v) is 25.0. The molecular formula is C67H81N13O14S. The van der Waals surface area contributed by atoms with Gasteiger partial charge in [0.05, 0.1) is 62.1 Å². The summed E-state index contributed by atoms with van der Waals surface area (Å²) in [6.07, 6.45) is 9.04. The Balaban J connectivity index is 0.631. The fraction of sp³-hybridized carbons (Fsp3) is 0.433. The van der Waals surface area contributed by atoms with Gasteiger partial charge in [0.2, 0.25) is 17.7 Å². The Bertz CT molecular complexity index is 3730. The number of hydrogen-bond donors (Lipinski definition) is 7. The lowest BCUT2D eigenvalue weighted by Crippen LogP contribution is -2.47. The van der Waals surface area contributed by atoms with E-state index in [2.05, 4.69) is 38.5 Å². The summed E-state index contributed by atoms with van der Waals surface area (Å²) in [4.78, 5) is 126. The van der Waals surface area contributed by atoms with Gasteiger partial charge in [-0.3, -0.25) is 43.7 Å². The minimum Gasteiger partial charge on any atom is -0.476 e. The highest BCUT2D eigenvalue weighted by atomic mass is 32.1. The monoisotopic (exact) mass is 1320 g/mol. The third-order valence-electron chi connectivity index (χ3n) is 16.8. The lowest BCUT2D eigenvalue weighted by Gasteiger charge is -2.31. The number of thiazole rings is 1. The van der Waals surface area contributed by atoms with Crippen molar-refractivity contribution in [2.45, 2.75) is 110 Å². The molecule has 1 aliphatic carbocycles. The number of anilines is 3. The molecule has 9 amide bonds. The first kappa shape index (κ1) is 69.7. The van der Waals surface area contributed by atoms with Crippen molar-refractivity contribution in [3.05, 3.63) is 131 Å². The number of unbranched alkanes of at least 4 members (excludes halogenated alkanes) is 2. The van der Waals surface area contributed by atoms with Crippen LogP contribution in [0.5, 0.6) is 0 Å². The van der Waals surface area contributed by atoms with E-state index in [1.54, 1.807) is 49.6 Å². The molecule has 1 fully saturated rings. The number of carboxylic acids is 1. The number of rotatable bonds is 34. The molecule has 95 heavy (non-hydrogen) atoms. The fourth-order valence-corrected chi connectivity index (χ4v) is 12.5. The molecule has 5 heterocycles. The molecule has 3 atom stereocenters. The Hall–Kier alpha value is -9.64. The van der Waals surface area contributed by atoms with Crippen LogP contribution in [-0.2, 0) is 69.0 Å². The Morgan fingerprint density at radius 1 is 0.842 bits per heavy atom. The molecule has 1 saturated carbocycles. The number of nitrogens with zero attached hydrogens (tertiary/aromatic N) is 7. The van der Waals surface area contributed by atoms with Crippen molar-refractivity contribution >= 4 is 91.7 Å². The summed E-state index contributed by atoms with van der Waals surface area (Å²) in [5.41, 5.74) is 11.3. The van der Waals surface area contributed by atoms with E-state index in [9.17, 15) is 48.3 Å². The number of pyridine rings is 1. The summed E-state index contributed by atoms with van der Waals surface area (Å²) >= 11 is 1.41. The Morgan fingerprint density at radius 3 is 2.38 bits per heavy atom. The van der Waals surface area contributed by atoms with Gasteiger partial charge in [0, 0.05) is 93.0 Å². The van der Waals surface area contributed by atoms with Gasteiger partial charge < -0.3 is 60.9 Å². The van der Waals surface area contributed by atoms with Crippen LogP contribution in [0.25, 0.3) is 21.3 Å². The average molecular weight is 1320 g/mol. The number of nitrogens with two attached hydrogens (primary N) is 1. The number of aromatic nitrogens is 4. The number of para-hydroxylation sites is 1. The number of imide groups is 1. The van der Waals surface area contributed by atoms with Crippen LogP contribution in [0.2, 0.25) is 0 Å². The Labute approximate surface area is 553 Å². The number of urea groups is 1. The number of carbonyl (C=O) groups is 9. The van der Waals surface area contributed by atoms with E-state index < -0.39 is 35.9 Å². The SMILES string of the molecule is Cc1c(-c2ccc(N3CCc4cccc(C(=O)Nc5nc6ccccc6s5)c4C3)nc2C(=O)O)cnn1CC1(C)CCC(OCCOCCOCCN(C)C(=O)OCc2ccc(NC(=O)C(CCCNC(N)=O)NC(=O)CNC(=O)CCCCCN3C(=O)C=CC3=O)cc2)C1. The third-order valence-corrected chi connectivity index (χ3v) is 17.8. The van der Waals surface area contributed by atoms with Crippen molar-refractivity contribution in [3.63, 3.8) is 0 Å². The van der Waals surface area contributed by atoms with Gasteiger partial charge in [-0.15, -0.1) is 0 Å². The number of carboxylic acid groups (broad SMARTS) is 1. The molecule has 504 valence electrons. The van der Waals surface area contributed by atoms with Gasteiger partial charge in [-0.1, -0.05) is 61.1 Å². The van der Waals surface area contributed by atoms with Gasteiger partial charge in [0.25, 0.3) is 17.7 Å². The molecule has 2 aliphatic heterocycles. The summed E-state index contributed by atoms with van der Waals surface area (Å²) in [5.74, 6) is -3.14. The number of carbonyl (C=O) groups excluding carboxylic acids is 8. The summed E-state index contributed by atoms with van der Waals surface area (Å²) in [6, 6.07) is 21.9. The van der Waals surface area contributed by atoms with Gasteiger partial charge in [-0.25, -0.2) is 24.4 Å². The zero-order chi connectivity index (χ0) is 67.4. The molecular weight excluding hydrogens is 1240 g/mol. The average Bonchev–Trinajstić information content (AvgIpc) is 1.78. The predicted molar refractivity (Wildman–Crippen MR) is 353 cm³/mol. The second-order valence-electron chi connectivity index (χ2n) is 24.0. The summed E-state index contributed by atoms with van der Waals surface area (Å²) in [6.45, 7) is 7.71. The van der Waals surface area contributed by atoms with Gasteiger partial charge in [-0.2, -0.15) is 5.10 Å². The number of primary amides is 1. The first-order chi connectivity index (χ1) is 45.8. The van der Waals surface area contributed by atoms with Gasteiger partial charge in [0.1, 0.15) is 18.5 Å². The minimum atomic E-state index is -1.15. The van der Waals surface area contributed by atoms with Crippen LogP contribution >= 0.6 is 11.3 Å². The first-order valence-electron chi connectivity index (χ1n) is 31.8. The Morgan fingerprint density at radius 2 is 1.61 bits per heavy atom. The largest absolute Gasteiger partial charge is 0.476 e. The quantitative estimate of drug-likeness (QED) is 0.0163. The van der Waals surface area contributed by atoms with Crippen LogP contribution in [-0.4, -0.2) is 173 Å². The highest BCUT2D eigenvalue weighted by Crippen LogP contribution is 2.42. The lowest BCUT2D eigenvalue weighted by atomic mass is 9.88.